The van der Waals surface area contributed by atoms with Gasteiger partial charge >= 0.3 is 0 Å². The SMILES string of the molecule is CCC(=O)Nc1ccc(N(C)C)c(CN(C(=O)c2cccc(F)c2)[C@H](C)C(C)C)c1. The number of carbonyl (C=O) groups is 2. The minimum absolute atomic E-state index is 0.0651. The lowest BCUT2D eigenvalue weighted by atomic mass is 10.0. The van der Waals surface area contributed by atoms with Gasteiger partial charge in [0.15, 0.2) is 0 Å². The Morgan fingerprint density at radius 1 is 1.07 bits per heavy atom. The zero-order valence-electron chi connectivity index (χ0n) is 18.7. The van der Waals surface area contributed by atoms with Crippen molar-refractivity contribution >= 4 is 23.2 Å². The maximum Gasteiger partial charge on any atom is 0.254 e. The van der Waals surface area contributed by atoms with E-state index in [1.165, 1.54) is 12.1 Å². The van der Waals surface area contributed by atoms with Gasteiger partial charge in [0.1, 0.15) is 5.82 Å². The van der Waals surface area contributed by atoms with Gasteiger partial charge in [-0.1, -0.05) is 26.8 Å². The molecule has 5 nitrogen and oxygen atoms in total. The average Bonchev–Trinajstić information content (AvgIpc) is 2.70. The largest absolute Gasteiger partial charge is 0.377 e. The van der Waals surface area contributed by atoms with Gasteiger partial charge in [-0.15, -0.1) is 0 Å². The zero-order chi connectivity index (χ0) is 22.4. The Morgan fingerprint density at radius 3 is 2.33 bits per heavy atom. The van der Waals surface area contributed by atoms with Gasteiger partial charge in [0.05, 0.1) is 0 Å². The molecule has 0 aromatic heterocycles. The minimum Gasteiger partial charge on any atom is -0.377 e. The second kappa shape index (κ2) is 10.2. The van der Waals surface area contributed by atoms with Crippen LogP contribution in [0.15, 0.2) is 42.5 Å². The van der Waals surface area contributed by atoms with Gasteiger partial charge in [-0.25, -0.2) is 4.39 Å². The van der Waals surface area contributed by atoms with Crippen molar-refractivity contribution in [2.24, 2.45) is 5.92 Å². The van der Waals surface area contributed by atoms with Gasteiger partial charge in [-0.05, 0) is 54.8 Å². The van der Waals surface area contributed by atoms with Gasteiger partial charge in [0.25, 0.3) is 5.91 Å². The Labute approximate surface area is 178 Å². The van der Waals surface area contributed by atoms with Gasteiger partial charge in [0.2, 0.25) is 5.91 Å². The molecule has 0 bridgehead atoms. The van der Waals surface area contributed by atoms with E-state index >= 15 is 0 Å². The van der Waals surface area contributed by atoms with Gasteiger partial charge < -0.3 is 15.1 Å². The quantitative estimate of drug-likeness (QED) is 0.668. The van der Waals surface area contributed by atoms with Crippen molar-refractivity contribution in [1.29, 1.82) is 0 Å². The maximum absolute atomic E-state index is 13.7. The molecule has 0 aliphatic rings. The summed E-state index contributed by atoms with van der Waals surface area (Å²) in [5.74, 6) is -0.505. The first kappa shape index (κ1) is 23.4. The van der Waals surface area contributed by atoms with Crippen molar-refractivity contribution in [3.05, 3.63) is 59.4 Å². The van der Waals surface area contributed by atoms with Crippen LogP contribution < -0.4 is 10.2 Å². The molecule has 162 valence electrons. The number of rotatable bonds is 8. The van der Waals surface area contributed by atoms with Crippen molar-refractivity contribution in [1.82, 2.24) is 4.90 Å². The molecular weight excluding hydrogens is 381 g/mol. The molecule has 0 saturated heterocycles. The molecule has 6 heteroatoms. The van der Waals surface area contributed by atoms with E-state index in [0.29, 0.717) is 24.2 Å². The predicted molar refractivity (Wildman–Crippen MR) is 120 cm³/mol. The molecule has 2 aromatic rings. The van der Waals surface area contributed by atoms with Crippen LogP contribution >= 0.6 is 0 Å². The summed E-state index contributed by atoms with van der Waals surface area (Å²) in [6, 6.07) is 11.4. The molecule has 0 unspecified atom stereocenters. The molecule has 0 saturated carbocycles. The number of nitrogens with one attached hydrogen (secondary N) is 1. The van der Waals surface area contributed by atoms with Crippen molar-refractivity contribution < 1.29 is 14.0 Å². The van der Waals surface area contributed by atoms with Crippen LogP contribution in [0.25, 0.3) is 0 Å². The lowest BCUT2D eigenvalue weighted by molar-refractivity contribution is -0.115. The van der Waals surface area contributed by atoms with E-state index < -0.39 is 5.82 Å². The molecule has 0 aliphatic carbocycles. The number of carbonyl (C=O) groups excluding carboxylic acids is 2. The highest BCUT2D eigenvalue weighted by Crippen LogP contribution is 2.27. The van der Waals surface area contributed by atoms with E-state index in [4.69, 9.17) is 0 Å². The summed E-state index contributed by atoms with van der Waals surface area (Å²) >= 11 is 0. The third-order valence-corrected chi connectivity index (χ3v) is 5.30. The topological polar surface area (TPSA) is 52.7 Å². The Hall–Kier alpha value is -2.89. The average molecular weight is 414 g/mol. The molecule has 0 spiro atoms. The number of amides is 2. The lowest BCUT2D eigenvalue weighted by Crippen LogP contribution is -2.41. The fourth-order valence-corrected chi connectivity index (χ4v) is 3.21. The highest BCUT2D eigenvalue weighted by atomic mass is 19.1. The highest BCUT2D eigenvalue weighted by molar-refractivity contribution is 5.94. The molecule has 30 heavy (non-hydrogen) atoms. The van der Waals surface area contributed by atoms with Gasteiger partial charge in [-0.3, -0.25) is 9.59 Å². The molecular formula is C24H32FN3O2. The summed E-state index contributed by atoms with van der Waals surface area (Å²) in [4.78, 5) is 28.9. The first-order valence-corrected chi connectivity index (χ1v) is 10.3. The van der Waals surface area contributed by atoms with E-state index in [2.05, 4.69) is 19.2 Å². The van der Waals surface area contributed by atoms with Crippen molar-refractivity contribution in [2.75, 3.05) is 24.3 Å². The number of benzene rings is 2. The summed E-state index contributed by atoms with van der Waals surface area (Å²) < 4.78 is 13.7. The molecule has 2 aromatic carbocycles. The lowest BCUT2D eigenvalue weighted by Gasteiger charge is -2.33. The van der Waals surface area contributed by atoms with Crippen LogP contribution in [0.5, 0.6) is 0 Å². The first-order valence-electron chi connectivity index (χ1n) is 10.3. The van der Waals surface area contributed by atoms with E-state index in [9.17, 15) is 14.0 Å². The molecule has 1 N–H and O–H groups in total. The number of halogens is 1. The van der Waals surface area contributed by atoms with Crippen LogP contribution in [0.2, 0.25) is 0 Å². The summed E-state index contributed by atoms with van der Waals surface area (Å²) in [6.45, 7) is 8.26. The first-order chi connectivity index (χ1) is 14.1. The van der Waals surface area contributed by atoms with E-state index in [0.717, 1.165) is 11.3 Å². The Bertz CT molecular complexity index is 896. The van der Waals surface area contributed by atoms with Crippen LogP contribution in [-0.2, 0) is 11.3 Å². The Kier molecular flexibility index (Phi) is 7.98. The summed E-state index contributed by atoms with van der Waals surface area (Å²) in [5.41, 5.74) is 2.88. The van der Waals surface area contributed by atoms with Crippen molar-refractivity contribution in [2.45, 2.75) is 46.7 Å². The molecule has 0 heterocycles. The third kappa shape index (κ3) is 5.81. The monoisotopic (exact) mass is 413 g/mol. The van der Waals surface area contributed by atoms with Crippen LogP contribution in [0.1, 0.15) is 50.0 Å². The van der Waals surface area contributed by atoms with Gasteiger partial charge in [-0.2, -0.15) is 0 Å². The maximum atomic E-state index is 13.7. The predicted octanol–water partition coefficient (Wildman–Crippen LogP) is 4.93. The van der Waals surface area contributed by atoms with Crippen LogP contribution in [-0.4, -0.2) is 36.9 Å². The van der Waals surface area contributed by atoms with Crippen LogP contribution in [0.4, 0.5) is 15.8 Å². The zero-order valence-corrected chi connectivity index (χ0v) is 18.7. The second-order valence-corrected chi connectivity index (χ2v) is 8.07. The number of hydrogen-bond donors (Lipinski definition) is 1. The fourth-order valence-electron chi connectivity index (χ4n) is 3.21. The Morgan fingerprint density at radius 2 is 1.77 bits per heavy atom. The summed E-state index contributed by atoms with van der Waals surface area (Å²) in [5, 5.41) is 2.88. The summed E-state index contributed by atoms with van der Waals surface area (Å²) in [7, 11) is 3.88. The fraction of sp³-hybridized carbons (Fsp3) is 0.417. The highest BCUT2D eigenvalue weighted by Gasteiger charge is 2.25. The second-order valence-electron chi connectivity index (χ2n) is 8.07. The van der Waals surface area contributed by atoms with E-state index in [1.54, 1.807) is 24.0 Å². The normalized spacial score (nSPS) is 11.9. The molecule has 0 fully saturated rings. The number of nitrogens with zero attached hydrogens (tertiary/aromatic N) is 2. The van der Waals surface area contributed by atoms with E-state index in [1.807, 2.05) is 44.1 Å². The molecule has 0 aliphatic heterocycles. The Balaban J connectivity index is 2.46. The van der Waals surface area contributed by atoms with Crippen molar-refractivity contribution in [3.8, 4) is 0 Å². The van der Waals surface area contributed by atoms with Crippen LogP contribution in [0.3, 0.4) is 0 Å². The van der Waals surface area contributed by atoms with Crippen LogP contribution in [0, 0.1) is 11.7 Å². The smallest absolute Gasteiger partial charge is 0.254 e. The van der Waals surface area contributed by atoms with E-state index in [-0.39, 0.29) is 23.8 Å². The molecule has 2 rings (SSSR count). The van der Waals surface area contributed by atoms with Crippen molar-refractivity contribution in [3.63, 3.8) is 0 Å². The minimum atomic E-state index is -0.434. The summed E-state index contributed by atoms with van der Waals surface area (Å²) in [6.07, 6.45) is 0.388. The number of hydrogen-bond acceptors (Lipinski definition) is 3. The molecule has 0 radical (unpaired) electrons. The van der Waals surface area contributed by atoms with Gasteiger partial charge in [0, 0.05) is 50.0 Å². The third-order valence-electron chi connectivity index (χ3n) is 5.30. The molecule has 1 atom stereocenters. The number of anilines is 2. The standard InChI is InChI=1S/C24H32FN3O2/c1-7-23(29)26-21-11-12-22(27(5)6)19(14-21)15-28(17(4)16(2)3)24(30)18-9-8-10-20(25)13-18/h8-14,16-17H,7,15H2,1-6H3,(H,26,29)/t17-/m1/s1. The molecule has 2 amide bonds.